The molecule has 0 spiro atoms. The molecule has 10 nitrogen and oxygen atoms in total. The number of imidazole rings is 1. The fraction of sp³-hybridized carbons (Fsp3) is 0.350. The number of hydrogen-bond donors (Lipinski definition) is 1. The molecule has 0 aliphatic rings. The molecular weight excluding hydrogens is 386 g/mol. The standard InChI is InChI=1S/C20H23N7O3/c1-13(2)12-26-18-16(19(28)23-20(26)29)25(9-10-30-3)17(22-18)15-11-21-27(24-15)14-7-5-4-6-8-14/h4-8,11,13H,9-10,12H2,1-3H3,(H,23,28,29). The second kappa shape index (κ2) is 8.07. The summed E-state index contributed by atoms with van der Waals surface area (Å²) in [6.45, 7) is 5.18. The van der Waals surface area contributed by atoms with Crippen molar-refractivity contribution in [2.45, 2.75) is 26.9 Å². The Bertz CT molecular complexity index is 1280. The van der Waals surface area contributed by atoms with Crippen LogP contribution in [-0.4, -0.2) is 47.8 Å². The average molecular weight is 409 g/mol. The summed E-state index contributed by atoms with van der Waals surface area (Å²) >= 11 is 0. The molecule has 0 amide bonds. The van der Waals surface area contributed by atoms with Crippen LogP contribution in [0, 0.1) is 5.92 Å². The van der Waals surface area contributed by atoms with Crippen LogP contribution in [0.2, 0.25) is 0 Å². The van der Waals surface area contributed by atoms with Crippen molar-refractivity contribution < 1.29 is 4.74 Å². The molecule has 0 aliphatic carbocycles. The van der Waals surface area contributed by atoms with Crippen molar-refractivity contribution in [3.63, 3.8) is 0 Å². The van der Waals surface area contributed by atoms with Gasteiger partial charge in [-0.05, 0) is 18.1 Å². The van der Waals surface area contributed by atoms with Gasteiger partial charge in [-0.2, -0.15) is 9.90 Å². The summed E-state index contributed by atoms with van der Waals surface area (Å²) in [5, 5.41) is 8.87. The summed E-state index contributed by atoms with van der Waals surface area (Å²) in [5.41, 5.74) is 0.985. The van der Waals surface area contributed by atoms with E-state index in [1.54, 1.807) is 17.9 Å². The maximum atomic E-state index is 12.7. The lowest BCUT2D eigenvalue weighted by atomic mass is 10.2. The van der Waals surface area contributed by atoms with E-state index in [-0.39, 0.29) is 5.92 Å². The van der Waals surface area contributed by atoms with Crippen molar-refractivity contribution in [2.24, 2.45) is 5.92 Å². The van der Waals surface area contributed by atoms with E-state index in [1.807, 2.05) is 44.2 Å². The van der Waals surface area contributed by atoms with Gasteiger partial charge in [-0.3, -0.25) is 14.3 Å². The van der Waals surface area contributed by atoms with Crippen molar-refractivity contribution in [1.29, 1.82) is 0 Å². The molecule has 156 valence electrons. The number of ether oxygens (including phenoxy) is 1. The van der Waals surface area contributed by atoms with Crippen molar-refractivity contribution in [3.05, 3.63) is 57.4 Å². The number of rotatable bonds is 7. The van der Waals surface area contributed by atoms with Gasteiger partial charge < -0.3 is 9.30 Å². The first kappa shape index (κ1) is 19.8. The Morgan fingerprint density at radius 3 is 2.60 bits per heavy atom. The van der Waals surface area contributed by atoms with E-state index < -0.39 is 11.2 Å². The van der Waals surface area contributed by atoms with Crippen LogP contribution in [0.15, 0.2) is 46.1 Å². The number of para-hydroxylation sites is 1. The second-order valence-corrected chi connectivity index (χ2v) is 7.37. The van der Waals surface area contributed by atoms with E-state index in [0.717, 1.165) is 5.69 Å². The molecule has 0 saturated heterocycles. The molecule has 3 aromatic heterocycles. The molecule has 0 aliphatic heterocycles. The Morgan fingerprint density at radius 2 is 1.90 bits per heavy atom. The minimum absolute atomic E-state index is 0.198. The normalized spacial score (nSPS) is 11.6. The van der Waals surface area contributed by atoms with E-state index in [0.29, 0.717) is 42.4 Å². The highest BCUT2D eigenvalue weighted by Gasteiger charge is 2.21. The SMILES string of the molecule is COCCn1c(-c2cnn(-c3ccccc3)n2)nc2c1c(=O)[nH]c(=O)n2CC(C)C. The minimum Gasteiger partial charge on any atom is -0.383 e. The molecule has 0 bridgehead atoms. The molecule has 1 aromatic carbocycles. The van der Waals surface area contributed by atoms with Gasteiger partial charge in [0, 0.05) is 20.2 Å². The van der Waals surface area contributed by atoms with E-state index in [9.17, 15) is 9.59 Å². The smallest absolute Gasteiger partial charge is 0.330 e. The highest BCUT2D eigenvalue weighted by atomic mass is 16.5. The van der Waals surface area contributed by atoms with Crippen LogP contribution in [0.4, 0.5) is 0 Å². The fourth-order valence-corrected chi connectivity index (χ4v) is 3.35. The fourth-order valence-electron chi connectivity index (χ4n) is 3.35. The number of nitrogens with one attached hydrogen (secondary N) is 1. The third-order valence-electron chi connectivity index (χ3n) is 4.66. The molecular formula is C20H23N7O3. The first-order valence-corrected chi connectivity index (χ1v) is 9.70. The predicted octanol–water partition coefficient (Wildman–Crippen LogP) is 1.44. The van der Waals surface area contributed by atoms with Gasteiger partial charge in [-0.1, -0.05) is 32.0 Å². The quantitative estimate of drug-likeness (QED) is 0.494. The lowest BCUT2D eigenvalue weighted by Gasteiger charge is -2.09. The predicted molar refractivity (Wildman–Crippen MR) is 112 cm³/mol. The Labute approximate surface area is 171 Å². The number of benzene rings is 1. The minimum atomic E-state index is -0.486. The van der Waals surface area contributed by atoms with Crippen LogP contribution < -0.4 is 11.2 Å². The Kier molecular flexibility index (Phi) is 5.32. The number of aromatic amines is 1. The van der Waals surface area contributed by atoms with Crippen molar-refractivity contribution in [1.82, 2.24) is 34.1 Å². The van der Waals surface area contributed by atoms with Crippen molar-refractivity contribution >= 4 is 11.2 Å². The van der Waals surface area contributed by atoms with Crippen LogP contribution in [0.3, 0.4) is 0 Å². The Hall–Kier alpha value is -3.53. The molecule has 10 heteroatoms. The molecule has 0 saturated carbocycles. The molecule has 4 aromatic rings. The molecule has 4 rings (SSSR count). The number of hydrogen-bond acceptors (Lipinski definition) is 6. The lowest BCUT2D eigenvalue weighted by Crippen LogP contribution is -2.32. The molecule has 30 heavy (non-hydrogen) atoms. The van der Waals surface area contributed by atoms with Crippen LogP contribution >= 0.6 is 0 Å². The van der Waals surface area contributed by atoms with Gasteiger partial charge in [0.25, 0.3) is 5.56 Å². The summed E-state index contributed by atoms with van der Waals surface area (Å²) < 4.78 is 8.44. The number of methoxy groups -OCH3 is 1. The van der Waals surface area contributed by atoms with Crippen LogP contribution in [-0.2, 0) is 17.8 Å². The summed E-state index contributed by atoms with van der Waals surface area (Å²) in [4.78, 5) is 33.7. The van der Waals surface area contributed by atoms with E-state index in [2.05, 4.69) is 20.2 Å². The zero-order chi connectivity index (χ0) is 21.3. The summed E-state index contributed by atoms with van der Waals surface area (Å²) in [6.07, 6.45) is 1.59. The van der Waals surface area contributed by atoms with E-state index >= 15 is 0 Å². The zero-order valence-electron chi connectivity index (χ0n) is 17.1. The van der Waals surface area contributed by atoms with Gasteiger partial charge in [0.1, 0.15) is 5.69 Å². The van der Waals surface area contributed by atoms with Crippen LogP contribution in [0.25, 0.3) is 28.4 Å². The Morgan fingerprint density at radius 1 is 1.13 bits per heavy atom. The summed E-state index contributed by atoms with van der Waals surface area (Å²) in [7, 11) is 1.59. The molecule has 0 radical (unpaired) electrons. The Balaban J connectivity index is 1.93. The van der Waals surface area contributed by atoms with Crippen molar-refractivity contribution in [3.8, 4) is 17.2 Å². The van der Waals surface area contributed by atoms with Gasteiger partial charge in [0.15, 0.2) is 17.0 Å². The average Bonchev–Trinajstić information content (AvgIpc) is 3.35. The number of fused-ring (bicyclic) bond motifs is 1. The van der Waals surface area contributed by atoms with Gasteiger partial charge in [0.05, 0.1) is 18.5 Å². The topological polar surface area (TPSA) is 113 Å². The molecule has 1 N–H and O–H groups in total. The second-order valence-electron chi connectivity index (χ2n) is 7.37. The number of H-pyrrole nitrogens is 1. The van der Waals surface area contributed by atoms with Gasteiger partial charge in [0.2, 0.25) is 0 Å². The molecule has 0 unspecified atom stereocenters. The first-order valence-electron chi connectivity index (χ1n) is 9.70. The summed E-state index contributed by atoms with van der Waals surface area (Å²) in [6, 6.07) is 9.50. The summed E-state index contributed by atoms with van der Waals surface area (Å²) in [5.74, 6) is 0.654. The highest BCUT2D eigenvalue weighted by Crippen LogP contribution is 2.21. The largest absolute Gasteiger partial charge is 0.383 e. The first-order chi connectivity index (χ1) is 14.5. The van der Waals surface area contributed by atoms with E-state index in [1.165, 1.54) is 9.36 Å². The van der Waals surface area contributed by atoms with Crippen LogP contribution in [0.5, 0.6) is 0 Å². The third-order valence-corrected chi connectivity index (χ3v) is 4.66. The monoisotopic (exact) mass is 409 g/mol. The third kappa shape index (κ3) is 3.57. The van der Waals surface area contributed by atoms with Crippen molar-refractivity contribution in [2.75, 3.05) is 13.7 Å². The molecule has 0 atom stereocenters. The van der Waals surface area contributed by atoms with Gasteiger partial charge in [-0.15, -0.1) is 5.10 Å². The van der Waals surface area contributed by atoms with Gasteiger partial charge >= 0.3 is 5.69 Å². The molecule has 3 heterocycles. The number of aromatic nitrogens is 7. The lowest BCUT2D eigenvalue weighted by molar-refractivity contribution is 0.188. The maximum Gasteiger partial charge on any atom is 0.330 e. The molecule has 0 fully saturated rings. The maximum absolute atomic E-state index is 12.7. The van der Waals surface area contributed by atoms with E-state index in [4.69, 9.17) is 4.74 Å². The van der Waals surface area contributed by atoms with Crippen LogP contribution in [0.1, 0.15) is 13.8 Å². The zero-order valence-corrected chi connectivity index (χ0v) is 17.1. The highest BCUT2D eigenvalue weighted by molar-refractivity contribution is 5.76. The van der Waals surface area contributed by atoms with Gasteiger partial charge in [-0.25, -0.2) is 9.78 Å². The number of nitrogens with zero attached hydrogens (tertiary/aromatic N) is 6.